The molecule has 0 bridgehead atoms. The Balaban J connectivity index is 1.44. The van der Waals surface area contributed by atoms with Crippen molar-refractivity contribution >= 4 is 21.8 Å². The van der Waals surface area contributed by atoms with Crippen LogP contribution in [0, 0.1) is 5.92 Å². The minimum atomic E-state index is -3.56. The molecule has 3 N–H and O–H groups in total. The van der Waals surface area contributed by atoms with Crippen molar-refractivity contribution in [2.24, 2.45) is 5.92 Å². The van der Waals surface area contributed by atoms with E-state index in [0.29, 0.717) is 23.7 Å². The molecule has 24 heavy (non-hydrogen) atoms. The fraction of sp³-hybridized carbons (Fsp3) is 0.562. The number of cyclic esters (lactones) is 1. The third-order valence-corrected chi connectivity index (χ3v) is 6.55. The maximum absolute atomic E-state index is 12.5. The number of rotatable bonds is 4. The van der Waals surface area contributed by atoms with E-state index in [2.05, 4.69) is 15.4 Å². The molecule has 0 radical (unpaired) electrons. The van der Waals surface area contributed by atoms with E-state index in [1.165, 1.54) is 18.9 Å². The van der Waals surface area contributed by atoms with Crippen molar-refractivity contribution in [3.63, 3.8) is 0 Å². The van der Waals surface area contributed by atoms with Crippen LogP contribution >= 0.6 is 0 Å². The third-order valence-electron chi connectivity index (χ3n) is 5.13. The summed E-state index contributed by atoms with van der Waals surface area (Å²) in [6.07, 6.45) is 3.92. The highest BCUT2D eigenvalue weighted by atomic mass is 32.2. The van der Waals surface area contributed by atoms with Crippen LogP contribution in [0.3, 0.4) is 0 Å². The molecule has 1 atom stereocenters. The Morgan fingerprint density at radius 2 is 2.17 bits per heavy atom. The number of hydrogen-bond donors (Lipinski definition) is 3. The van der Waals surface area contributed by atoms with Gasteiger partial charge in [0.15, 0.2) is 0 Å². The molecule has 1 saturated heterocycles. The molecule has 3 aliphatic rings. The monoisotopic (exact) mass is 351 g/mol. The summed E-state index contributed by atoms with van der Waals surface area (Å²) in [6, 6.07) is 4.67. The van der Waals surface area contributed by atoms with Crippen molar-refractivity contribution in [3.05, 3.63) is 23.8 Å². The van der Waals surface area contributed by atoms with Gasteiger partial charge in [0.2, 0.25) is 10.0 Å². The topological polar surface area (TPSA) is 96.5 Å². The summed E-state index contributed by atoms with van der Waals surface area (Å²) in [5.41, 5.74) is 1.55. The largest absolute Gasteiger partial charge is 0.444 e. The average Bonchev–Trinajstić information content (AvgIpc) is 3.31. The fourth-order valence-electron chi connectivity index (χ4n) is 3.55. The van der Waals surface area contributed by atoms with E-state index in [-0.39, 0.29) is 17.0 Å². The van der Waals surface area contributed by atoms with Crippen LogP contribution in [-0.2, 0) is 21.4 Å². The molecule has 2 fully saturated rings. The van der Waals surface area contributed by atoms with Gasteiger partial charge in [-0.25, -0.2) is 17.9 Å². The Morgan fingerprint density at radius 3 is 2.96 bits per heavy atom. The highest BCUT2D eigenvalue weighted by Gasteiger charge is 2.45. The van der Waals surface area contributed by atoms with E-state index in [1.807, 2.05) is 0 Å². The van der Waals surface area contributed by atoms with E-state index in [0.717, 1.165) is 19.4 Å². The normalized spacial score (nSPS) is 24.8. The SMILES string of the molecule is O=C1Nc2ccc(S(=O)(=O)NCC3CCNC4(CC4)C3)cc2CO1. The minimum Gasteiger partial charge on any atom is -0.444 e. The first-order chi connectivity index (χ1) is 11.5. The van der Waals surface area contributed by atoms with E-state index in [9.17, 15) is 13.2 Å². The zero-order valence-electron chi connectivity index (χ0n) is 13.3. The Morgan fingerprint density at radius 1 is 1.33 bits per heavy atom. The molecule has 130 valence electrons. The molecule has 2 aliphatic heterocycles. The van der Waals surface area contributed by atoms with Gasteiger partial charge in [-0.05, 0) is 56.3 Å². The van der Waals surface area contributed by atoms with Crippen LogP contribution in [0.5, 0.6) is 0 Å². The standard InChI is InChI=1S/C16H21N3O4S/c20-15-19-14-2-1-13(7-12(14)10-23-15)24(21,22)18-9-11-3-6-17-16(8-11)4-5-16/h1-2,7,11,17-18H,3-6,8-10H2,(H,19,20). The third kappa shape index (κ3) is 3.13. The predicted molar refractivity (Wildman–Crippen MR) is 88.1 cm³/mol. The van der Waals surface area contributed by atoms with Crippen LogP contribution in [0.2, 0.25) is 0 Å². The molecule has 1 aromatic rings. The number of amides is 1. The number of carbonyl (C=O) groups excluding carboxylic acids is 1. The summed E-state index contributed by atoms with van der Waals surface area (Å²) in [6.45, 7) is 1.51. The molecule has 1 saturated carbocycles. The van der Waals surface area contributed by atoms with Gasteiger partial charge >= 0.3 is 6.09 Å². The first-order valence-electron chi connectivity index (χ1n) is 8.27. The van der Waals surface area contributed by atoms with Crippen molar-refractivity contribution < 1.29 is 17.9 Å². The second-order valence-corrected chi connectivity index (χ2v) is 8.70. The molecular weight excluding hydrogens is 330 g/mol. The van der Waals surface area contributed by atoms with Gasteiger partial charge in [0.05, 0.1) is 10.6 Å². The zero-order chi connectivity index (χ0) is 16.8. The van der Waals surface area contributed by atoms with Gasteiger partial charge < -0.3 is 10.1 Å². The van der Waals surface area contributed by atoms with Crippen LogP contribution < -0.4 is 15.4 Å². The summed E-state index contributed by atoms with van der Waals surface area (Å²) < 4.78 is 32.7. The first-order valence-corrected chi connectivity index (χ1v) is 9.76. The summed E-state index contributed by atoms with van der Waals surface area (Å²) in [7, 11) is -3.56. The smallest absolute Gasteiger partial charge is 0.411 e. The number of ether oxygens (including phenoxy) is 1. The predicted octanol–water partition coefficient (Wildman–Crippen LogP) is 1.56. The Kier molecular flexibility index (Phi) is 3.78. The van der Waals surface area contributed by atoms with E-state index >= 15 is 0 Å². The van der Waals surface area contributed by atoms with Gasteiger partial charge in [-0.2, -0.15) is 0 Å². The fourth-order valence-corrected chi connectivity index (χ4v) is 4.72. The van der Waals surface area contributed by atoms with Crippen molar-refractivity contribution in [2.75, 3.05) is 18.4 Å². The lowest BCUT2D eigenvalue weighted by atomic mass is 9.91. The number of fused-ring (bicyclic) bond motifs is 1. The number of anilines is 1. The Labute approximate surface area is 141 Å². The van der Waals surface area contributed by atoms with E-state index in [1.54, 1.807) is 12.1 Å². The van der Waals surface area contributed by atoms with Crippen molar-refractivity contribution in [1.29, 1.82) is 0 Å². The van der Waals surface area contributed by atoms with Crippen LogP contribution in [0.25, 0.3) is 0 Å². The number of benzene rings is 1. The molecular formula is C16H21N3O4S. The molecule has 7 nitrogen and oxygen atoms in total. The van der Waals surface area contributed by atoms with Gasteiger partial charge in [0, 0.05) is 17.6 Å². The summed E-state index contributed by atoms with van der Waals surface area (Å²) in [5.74, 6) is 0.378. The molecule has 1 aromatic carbocycles. The van der Waals surface area contributed by atoms with Gasteiger partial charge in [0.1, 0.15) is 6.61 Å². The molecule has 1 aliphatic carbocycles. The van der Waals surface area contributed by atoms with Gasteiger partial charge in [-0.1, -0.05) is 0 Å². The molecule has 4 rings (SSSR count). The van der Waals surface area contributed by atoms with Crippen LogP contribution in [0.1, 0.15) is 31.2 Å². The Hall–Kier alpha value is -1.64. The number of carbonyl (C=O) groups is 1. The molecule has 1 unspecified atom stereocenters. The lowest BCUT2D eigenvalue weighted by Crippen LogP contribution is -2.43. The number of hydrogen-bond acceptors (Lipinski definition) is 5. The molecule has 8 heteroatoms. The van der Waals surface area contributed by atoms with E-state index in [4.69, 9.17) is 4.74 Å². The number of sulfonamides is 1. The highest BCUT2D eigenvalue weighted by molar-refractivity contribution is 7.89. The number of nitrogens with one attached hydrogen (secondary N) is 3. The quantitative estimate of drug-likeness (QED) is 0.765. The second kappa shape index (κ2) is 5.72. The average molecular weight is 351 g/mol. The maximum atomic E-state index is 12.5. The molecule has 1 spiro atoms. The molecule has 1 amide bonds. The van der Waals surface area contributed by atoms with Crippen molar-refractivity contribution in [3.8, 4) is 0 Å². The lowest BCUT2D eigenvalue weighted by molar-refractivity contribution is 0.151. The van der Waals surface area contributed by atoms with Crippen LogP contribution in [-0.4, -0.2) is 33.1 Å². The summed E-state index contributed by atoms with van der Waals surface area (Å²) in [4.78, 5) is 11.4. The zero-order valence-corrected chi connectivity index (χ0v) is 14.1. The van der Waals surface area contributed by atoms with E-state index < -0.39 is 16.1 Å². The summed E-state index contributed by atoms with van der Waals surface area (Å²) in [5, 5.41) is 6.10. The van der Waals surface area contributed by atoms with Crippen LogP contribution in [0.4, 0.5) is 10.5 Å². The van der Waals surface area contributed by atoms with Gasteiger partial charge in [-0.15, -0.1) is 0 Å². The minimum absolute atomic E-state index is 0.0847. The summed E-state index contributed by atoms with van der Waals surface area (Å²) >= 11 is 0. The second-order valence-electron chi connectivity index (χ2n) is 6.94. The highest BCUT2D eigenvalue weighted by Crippen LogP contribution is 2.43. The molecule has 2 heterocycles. The van der Waals surface area contributed by atoms with Gasteiger partial charge in [0.25, 0.3) is 0 Å². The number of piperidine rings is 1. The maximum Gasteiger partial charge on any atom is 0.411 e. The van der Waals surface area contributed by atoms with Crippen molar-refractivity contribution in [2.45, 2.75) is 42.7 Å². The van der Waals surface area contributed by atoms with Crippen molar-refractivity contribution in [1.82, 2.24) is 10.0 Å². The lowest BCUT2D eigenvalue weighted by Gasteiger charge is -2.30. The van der Waals surface area contributed by atoms with Gasteiger partial charge in [-0.3, -0.25) is 5.32 Å². The Bertz CT molecular complexity index is 774. The molecule has 0 aromatic heterocycles. The van der Waals surface area contributed by atoms with Crippen LogP contribution in [0.15, 0.2) is 23.1 Å². The first kappa shape index (κ1) is 15.9.